The molecule has 126 valence electrons. The summed E-state index contributed by atoms with van der Waals surface area (Å²) in [5.74, 6) is -0.283. The molecule has 2 aromatic rings. The van der Waals surface area contributed by atoms with E-state index in [0.717, 1.165) is 23.2 Å². The molecule has 1 amide bonds. The average Bonchev–Trinajstić information content (AvgIpc) is 2.55. The van der Waals surface area contributed by atoms with E-state index < -0.39 is 0 Å². The number of aryl methyl sites for hydroxylation is 1. The third kappa shape index (κ3) is 3.11. The minimum atomic E-state index is -0.277. The number of carbonyl (C=O) groups is 1. The molecule has 0 saturated heterocycles. The number of halogens is 1. The molecule has 1 aliphatic heterocycles. The summed E-state index contributed by atoms with van der Waals surface area (Å²) >= 11 is 0. The molecule has 3 rings (SSSR count). The van der Waals surface area contributed by atoms with E-state index in [2.05, 4.69) is 0 Å². The highest BCUT2D eigenvalue weighted by Crippen LogP contribution is 2.30. The van der Waals surface area contributed by atoms with E-state index in [0.29, 0.717) is 13.1 Å². The average molecular weight is 328 g/mol. The molecule has 0 fully saturated rings. The van der Waals surface area contributed by atoms with Crippen LogP contribution in [-0.2, 0) is 17.8 Å². The first kappa shape index (κ1) is 16.4. The van der Waals surface area contributed by atoms with Crippen LogP contribution in [0.1, 0.15) is 36.2 Å². The van der Waals surface area contributed by atoms with E-state index in [9.17, 15) is 14.0 Å². The van der Waals surface area contributed by atoms with Crippen molar-refractivity contribution in [1.29, 1.82) is 0 Å². The molecule has 2 heterocycles. The number of fused-ring (bicyclic) bond motifs is 1. The highest BCUT2D eigenvalue weighted by Gasteiger charge is 2.27. The number of aromatic nitrogens is 1. The van der Waals surface area contributed by atoms with E-state index >= 15 is 0 Å². The normalized spacial score (nSPS) is 16.8. The summed E-state index contributed by atoms with van der Waals surface area (Å²) in [5, 5.41) is 0. The molecule has 5 heteroatoms. The highest BCUT2D eigenvalue weighted by atomic mass is 19.1. The molecule has 1 aromatic carbocycles. The Morgan fingerprint density at radius 3 is 2.83 bits per heavy atom. The molecule has 0 unspecified atom stereocenters. The fraction of sp³-hybridized carbons (Fsp3) is 0.368. The van der Waals surface area contributed by atoms with Gasteiger partial charge in [-0.05, 0) is 49.6 Å². The number of hydrogen-bond acceptors (Lipinski definition) is 2. The summed E-state index contributed by atoms with van der Waals surface area (Å²) in [4.78, 5) is 26.3. The van der Waals surface area contributed by atoms with Gasteiger partial charge in [0, 0.05) is 31.3 Å². The summed E-state index contributed by atoms with van der Waals surface area (Å²) in [6.45, 7) is 4.77. The maximum absolute atomic E-state index is 13.5. The van der Waals surface area contributed by atoms with Crippen LogP contribution in [0.4, 0.5) is 4.39 Å². The molecule has 1 aromatic heterocycles. The second kappa shape index (κ2) is 6.59. The number of benzene rings is 1. The van der Waals surface area contributed by atoms with Gasteiger partial charge in [0.05, 0.1) is 6.04 Å². The second-order valence-electron chi connectivity index (χ2n) is 6.26. The zero-order chi connectivity index (χ0) is 17.3. The molecule has 1 atom stereocenters. The monoisotopic (exact) mass is 328 g/mol. The third-order valence-corrected chi connectivity index (χ3v) is 4.79. The van der Waals surface area contributed by atoms with Crippen LogP contribution in [0.2, 0.25) is 0 Å². The number of carbonyl (C=O) groups excluding carboxylic acids is 1. The Kier molecular flexibility index (Phi) is 4.51. The van der Waals surface area contributed by atoms with Crippen molar-refractivity contribution in [2.75, 3.05) is 6.54 Å². The maximum Gasteiger partial charge on any atom is 0.250 e. The largest absolute Gasteiger partial charge is 0.336 e. The van der Waals surface area contributed by atoms with Gasteiger partial charge in [0.2, 0.25) is 5.91 Å². The van der Waals surface area contributed by atoms with Crippen LogP contribution in [0, 0.1) is 12.7 Å². The minimum absolute atomic E-state index is 0.00688. The van der Waals surface area contributed by atoms with Crippen molar-refractivity contribution in [3.63, 3.8) is 0 Å². The smallest absolute Gasteiger partial charge is 0.250 e. The van der Waals surface area contributed by atoms with Gasteiger partial charge in [0.15, 0.2) is 0 Å². The summed E-state index contributed by atoms with van der Waals surface area (Å²) in [6, 6.07) is 9.71. The molecule has 24 heavy (non-hydrogen) atoms. The van der Waals surface area contributed by atoms with E-state index in [1.807, 2.05) is 19.9 Å². The maximum atomic E-state index is 13.5. The van der Waals surface area contributed by atoms with Gasteiger partial charge in [-0.1, -0.05) is 12.1 Å². The molecule has 0 bridgehead atoms. The van der Waals surface area contributed by atoms with Gasteiger partial charge in [-0.25, -0.2) is 4.39 Å². The Morgan fingerprint density at radius 2 is 2.08 bits per heavy atom. The molecule has 0 saturated carbocycles. The molecule has 0 N–H and O–H groups in total. The predicted molar refractivity (Wildman–Crippen MR) is 90.3 cm³/mol. The first-order valence-corrected chi connectivity index (χ1v) is 8.21. The quantitative estimate of drug-likeness (QED) is 0.869. The number of amides is 1. The van der Waals surface area contributed by atoms with Crippen molar-refractivity contribution in [3.8, 4) is 0 Å². The second-order valence-corrected chi connectivity index (χ2v) is 6.26. The highest BCUT2D eigenvalue weighted by molar-refractivity contribution is 5.77. The van der Waals surface area contributed by atoms with Crippen LogP contribution in [0.5, 0.6) is 0 Å². The summed E-state index contributed by atoms with van der Waals surface area (Å²) in [5.41, 5.74) is 2.72. The van der Waals surface area contributed by atoms with Crippen molar-refractivity contribution in [1.82, 2.24) is 9.47 Å². The van der Waals surface area contributed by atoms with Crippen LogP contribution >= 0.6 is 0 Å². The van der Waals surface area contributed by atoms with Gasteiger partial charge < -0.3 is 9.47 Å². The summed E-state index contributed by atoms with van der Waals surface area (Å²) in [6.07, 6.45) is 0.996. The lowest BCUT2D eigenvalue weighted by atomic mass is 9.93. The van der Waals surface area contributed by atoms with Crippen LogP contribution in [0.3, 0.4) is 0 Å². The van der Waals surface area contributed by atoms with Crippen LogP contribution in [0.25, 0.3) is 0 Å². The van der Waals surface area contributed by atoms with E-state index in [1.165, 1.54) is 18.2 Å². The lowest BCUT2D eigenvalue weighted by Gasteiger charge is -2.35. The predicted octanol–water partition coefficient (Wildman–Crippen LogP) is 2.83. The fourth-order valence-corrected chi connectivity index (χ4v) is 3.39. The van der Waals surface area contributed by atoms with Gasteiger partial charge in [0.25, 0.3) is 5.56 Å². The number of rotatable bonds is 3. The van der Waals surface area contributed by atoms with E-state index in [4.69, 9.17) is 0 Å². The van der Waals surface area contributed by atoms with Crippen molar-refractivity contribution in [3.05, 3.63) is 69.4 Å². The molecule has 0 spiro atoms. The Hall–Kier alpha value is -2.43. The van der Waals surface area contributed by atoms with Gasteiger partial charge in [-0.3, -0.25) is 9.59 Å². The first-order chi connectivity index (χ1) is 11.5. The van der Waals surface area contributed by atoms with E-state index in [-0.39, 0.29) is 29.7 Å². The molecule has 0 aliphatic carbocycles. The number of pyridine rings is 1. The fourth-order valence-electron chi connectivity index (χ4n) is 3.39. The van der Waals surface area contributed by atoms with Crippen molar-refractivity contribution < 1.29 is 9.18 Å². The van der Waals surface area contributed by atoms with Gasteiger partial charge in [-0.15, -0.1) is 0 Å². The standard InChI is InChI=1S/C19H21FN2O2/c1-13-4-3-5-18(23)21(13)11-9-19(24)22-10-8-15-6-7-16(20)12-17(15)14(22)2/h3-7,12,14H,8-11H2,1-2H3/t14-/m0/s1. The zero-order valence-corrected chi connectivity index (χ0v) is 14.0. The molecular weight excluding hydrogens is 307 g/mol. The van der Waals surface area contributed by atoms with Gasteiger partial charge in [0.1, 0.15) is 5.82 Å². The number of nitrogens with zero attached hydrogens (tertiary/aromatic N) is 2. The van der Waals surface area contributed by atoms with Crippen molar-refractivity contribution >= 4 is 5.91 Å². The SMILES string of the molecule is Cc1cccc(=O)n1CCC(=O)N1CCc2ccc(F)cc2[C@@H]1C. The zero-order valence-electron chi connectivity index (χ0n) is 14.0. The Balaban J connectivity index is 1.73. The van der Waals surface area contributed by atoms with Crippen molar-refractivity contribution in [2.24, 2.45) is 0 Å². The Bertz CT molecular complexity index is 828. The molecular formula is C19H21FN2O2. The molecule has 4 nitrogen and oxygen atoms in total. The van der Waals surface area contributed by atoms with Crippen LogP contribution in [-0.4, -0.2) is 21.9 Å². The van der Waals surface area contributed by atoms with Gasteiger partial charge >= 0.3 is 0 Å². The van der Waals surface area contributed by atoms with Crippen molar-refractivity contribution in [2.45, 2.75) is 39.3 Å². The first-order valence-electron chi connectivity index (χ1n) is 8.21. The Labute approximate surface area is 140 Å². The van der Waals surface area contributed by atoms with E-state index in [1.54, 1.807) is 21.6 Å². The molecule has 1 aliphatic rings. The molecule has 0 radical (unpaired) electrons. The number of hydrogen-bond donors (Lipinski definition) is 0. The topological polar surface area (TPSA) is 42.3 Å². The lowest BCUT2D eigenvalue weighted by molar-refractivity contribution is -0.134. The minimum Gasteiger partial charge on any atom is -0.336 e. The summed E-state index contributed by atoms with van der Waals surface area (Å²) < 4.78 is 15.1. The lowest BCUT2D eigenvalue weighted by Crippen LogP contribution is -2.39. The Morgan fingerprint density at radius 1 is 1.29 bits per heavy atom. The third-order valence-electron chi connectivity index (χ3n) is 4.79. The van der Waals surface area contributed by atoms with Crippen LogP contribution in [0.15, 0.2) is 41.2 Å². The summed E-state index contributed by atoms with van der Waals surface area (Å²) in [7, 11) is 0. The van der Waals surface area contributed by atoms with Crippen LogP contribution < -0.4 is 5.56 Å². The van der Waals surface area contributed by atoms with Gasteiger partial charge in [-0.2, -0.15) is 0 Å².